The van der Waals surface area contributed by atoms with Crippen molar-refractivity contribution < 1.29 is 14.3 Å². The monoisotopic (exact) mass is 533 g/mol. The summed E-state index contributed by atoms with van der Waals surface area (Å²) < 4.78 is 7.15. The maximum atomic E-state index is 12.9. The topological polar surface area (TPSA) is 138 Å². The second-order valence-corrected chi connectivity index (χ2v) is 10.0. The second kappa shape index (κ2) is 10.2. The van der Waals surface area contributed by atoms with Gasteiger partial charge in [-0.15, -0.1) is 0 Å². The highest BCUT2D eigenvalue weighted by molar-refractivity contribution is 5.99. The van der Waals surface area contributed by atoms with E-state index >= 15 is 0 Å². The van der Waals surface area contributed by atoms with Crippen molar-refractivity contribution in [2.45, 2.75) is 25.9 Å². The molecule has 40 heavy (non-hydrogen) atoms. The minimum atomic E-state index is -0.502. The summed E-state index contributed by atoms with van der Waals surface area (Å²) in [5, 5.41) is 8.58. The number of amides is 1. The van der Waals surface area contributed by atoms with E-state index in [1.165, 1.54) is 0 Å². The number of carbonyl (C=O) groups excluding carboxylic acids is 2. The molecule has 4 aromatic heterocycles. The van der Waals surface area contributed by atoms with E-state index in [0.717, 1.165) is 34.1 Å². The first-order chi connectivity index (χ1) is 19.4. The average molecular weight is 534 g/mol. The van der Waals surface area contributed by atoms with Crippen LogP contribution in [0.25, 0.3) is 22.0 Å². The molecule has 2 atom stereocenters. The van der Waals surface area contributed by atoms with Crippen molar-refractivity contribution in [3.63, 3.8) is 0 Å². The number of pyridine rings is 3. The molecule has 0 aliphatic heterocycles. The Morgan fingerprint density at radius 3 is 2.67 bits per heavy atom. The number of aromatic nitrogens is 5. The summed E-state index contributed by atoms with van der Waals surface area (Å²) in [6, 6.07) is 14.8. The number of fused-ring (bicyclic) bond motifs is 1. The maximum absolute atomic E-state index is 12.9. The first kappa shape index (κ1) is 25.2. The number of nitrogen functional groups attached to an aromatic ring is 1. The summed E-state index contributed by atoms with van der Waals surface area (Å²) in [6.07, 6.45) is 7.74. The smallest absolute Gasteiger partial charge is 0.357 e. The van der Waals surface area contributed by atoms with Crippen LogP contribution in [0.1, 0.15) is 39.5 Å². The van der Waals surface area contributed by atoms with Gasteiger partial charge in [-0.05, 0) is 59.5 Å². The fraction of sp³-hybridized carbons (Fsp3) is 0.200. The Morgan fingerprint density at radius 1 is 1.10 bits per heavy atom. The van der Waals surface area contributed by atoms with Crippen molar-refractivity contribution in [3.8, 4) is 11.3 Å². The first-order valence-corrected chi connectivity index (χ1v) is 12.9. The Hall–Kier alpha value is -5.12. The molecule has 6 rings (SSSR count). The highest BCUT2D eigenvalue weighted by Gasteiger charge is 2.44. The van der Waals surface area contributed by atoms with E-state index in [4.69, 9.17) is 10.5 Å². The lowest BCUT2D eigenvalue weighted by Gasteiger charge is -2.11. The van der Waals surface area contributed by atoms with Crippen LogP contribution in [0.15, 0.2) is 73.3 Å². The molecule has 10 nitrogen and oxygen atoms in total. The van der Waals surface area contributed by atoms with Gasteiger partial charge in [0, 0.05) is 42.5 Å². The molecule has 3 N–H and O–H groups in total. The van der Waals surface area contributed by atoms with Gasteiger partial charge >= 0.3 is 5.97 Å². The standard InChI is InChI=1S/C30H27N7O3/c1-17-8-26(30(39)40-16-18-6-4-3-5-7-18)32-13-23(17)25-9-19-10-27(33-14-24(19)28(31)35-25)36-29(38)22-11-21(22)20-12-34-37(2)15-20/h3-10,12-15,21-22H,11,16H2,1-2H3,(H2,31,35)(H,33,36,38). The molecule has 5 aromatic rings. The number of ether oxygens (including phenoxy) is 1. The van der Waals surface area contributed by atoms with E-state index in [2.05, 4.69) is 25.4 Å². The molecular formula is C30H27N7O3. The molecule has 1 aliphatic carbocycles. The molecule has 1 saturated carbocycles. The SMILES string of the molecule is Cc1cc(C(=O)OCc2ccccc2)ncc1-c1cc2cc(NC(=O)C3CC3c3cnn(C)c3)ncc2c(N)n1. The van der Waals surface area contributed by atoms with Gasteiger partial charge in [0.2, 0.25) is 5.91 Å². The molecule has 1 aliphatic rings. The number of carbonyl (C=O) groups is 2. The Balaban J connectivity index is 1.19. The van der Waals surface area contributed by atoms with Crippen LogP contribution in [0.4, 0.5) is 11.6 Å². The third-order valence-corrected chi connectivity index (χ3v) is 7.09. The van der Waals surface area contributed by atoms with Crippen LogP contribution in [-0.2, 0) is 23.2 Å². The Kier molecular flexibility index (Phi) is 6.43. The third-order valence-electron chi connectivity index (χ3n) is 7.09. The molecule has 2 unspecified atom stereocenters. The number of benzene rings is 1. The summed E-state index contributed by atoms with van der Waals surface area (Å²) in [7, 11) is 1.86. The van der Waals surface area contributed by atoms with E-state index in [1.807, 2.05) is 56.6 Å². The minimum absolute atomic E-state index is 0.0715. The van der Waals surface area contributed by atoms with E-state index in [9.17, 15) is 9.59 Å². The molecule has 0 radical (unpaired) electrons. The first-order valence-electron chi connectivity index (χ1n) is 12.9. The highest BCUT2D eigenvalue weighted by atomic mass is 16.5. The fourth-order valence-electron chi connectivity index (χ4n) is 4.82. The number of esters is 1. The van der Waals surface area contributed by atoms with Crippen LogP contribution in [-0.4, -0.2) is 36.6 Å². The van der Waals surface area contributed by atoms with Gasteiger partial charge in [0.05, 0.1) is 11.9 Å². The number of hydrogen-bond acceptors (Lipinski definition) is 8. The molecule has 1 fully saturated rings. The Morgan fingerprint density at radius 2 is 1.93 bits per heavy atom. The van der Waals surface area contributed by atoms with Crippen LogP contribution >= 0.6 is 0 Å². The van der Waals surface area contributed by atoms with Gasteiger partial charge in [0.1, 0.15) is 23.9 Å². The summed E-state index contributed by atoms with van der Waals surface area (Å²) in [6.45, 7) is 2.04. The highest BCUT2D eigenvalue weighted by Crippen LogP contribution is 2.47. The van der Waals surface area contributed by atoms with Gasteiger partial charge in [0.15, 0.2) is 0 Å². The summed E-state index contributed by atoms with van der Waals surface area (Å²) in [5.41, 5.74) is 10.6. The molecule has 10 heteroatoms. The Bertz CT molecular complexity index is 1750. The largest absolute Gasteiger partial charge is 0.456 e. The van der Waals surface area contributed by atoms with E-state index in [-0.39, 0.29) is 30.0 Å². The quantitative estimate of drug-likeness (QED) is 0.293. The summed E-state index contributed by atoms with van der Waals surface area (Å²) >= 11 is 0. The van der Waals surface area contributed by atoms with Crippen molar-refractivity contribution in [2.24, 2.45) is 13.0 Å². The van der Waals surface area contributed by atoms with Gasteiger partial charge in [-0.2, -0.15) is 5.10 Å². The zero-order valence-corrected chi connectivity index (χ0v) is 22.0. The number of nitrogens with zero attached hydrogens (tertiary/aromatic N) is 5. The number of rotatable bonds is 7. The van der Waals surface area contributed by atoms with E-state index in [0.29, 0.717) is 22.7 Å². The van der Waals surface area contributed by atoms with Crippen molar-refractivity contribution >= 4 is 34.3 Å². The van der Waals surface area contributed by atoms with Crippen molar-refractivity contribution in [1.82, 2.24) is 24.7 Å². The van der Waals surface area contributed by atoms with Crippen LogP contribution in [0, 0.1) is 12.8 Å². The van der Waals surface area contributed by atoms with Crippen LogP contribution in [0.2, 0.25) is 0 Å². The molecule has 0 spiro atoms. The lowest BCUT2D eigenvalue weighted by Crippen LogP contribution is -2.15. The van der Waals surface area contributed by atoms with Crippen LogP contribution in [0.5, 0.6) is 0 Å². The van der Waals surface area contributed by atoms with Crippen molar-refractivity contribution in [3.05, 3.63) is 95.7 Å². The van der Waals surface area contributed by atoms with Gasteiger partial charge in [-0.25, -0.2) is 19.7 Å². The van der Waals surface area contributed by atoms with E-state index < -0.39 is 5.97 Å². The normalized spacial score (nSPS) is 16.1. The van der Waals surface area contributed by atoms with Crippen LogP contribution < -0.4 is 11.1 Å². The second-order valence-electron chi connectivity index (χ2n) is 10.0. The molecule has 1 aromatic carbocycles. The number of nitrogens with one attached hydrogen (secondary N) is 1. The van der Waals surface area contributed by atoms with Crippen molar-refractivity contribution in [1.29, 1.82) is 0 Å². The molecule has 200 valence electrons. The summed E-state index contributed by atoms with van der Waals surface area (Å²) in [5.74, 6) is 0.246. The Labute approximate surface area is 230 Å². The molecule has 1 amide bonds. The predicted octanol–water partition coefficient (Wildman–Crippen LogP) is 4.42. The van der Waals surface area contributed by atoms with Gasteiger partial charge < -0.3 is 15.8 Å². The molecular weight excluding hydrogens is 506 g/mol. The minimum Gasteiger partial charge on any atom is -0.456 e. The van der Waals surface area contributed by atoms with E-state index in [1.54, 1.807) is 35.4 Å². The molecule has 0 bridgehead atoms. The number of anilines is 2. The average Bonchev–Trinajstić information content (AvgIpc) is 3.64. The lowest BCUT2D eigenvalue weighted by atomic mass is 10.0. The zero-order valence-electron chi connectivity index (χ0n) is 22.0. The van der Waals surface area contributed by atoms with Gasteiger partial charge in [-0.1, -0.05) is 30.3 Å². The van der Waals surface area contributed by atoms with Crippen LogP contribution in [0.3, 0.4) is 0 Å². The number of nitrogens with two attached hydrogens (primary N) is 1. The maximum Gasteiger partial charge on any atom is 0.357 e. The van der Waals surface area contributed by atoms with Gasteiger partial charge in [-0.3, -0.25) is 9.48 Å². The van der Waals surface area contributed by atoms with Gasteiger partial charge in [0.25, 0.3) is 0 Å². The fourth-order valence-corrected chi connectivity index (χ4v) is 4.82. The molecule has 0 saturated heterocycles. The lowest BCUT2D eigenvalue weighted by molar-refractivity contribution is -0.117. The summed E-state index contributed by atoms with van der Waals surface area (Å²) in [4.78, 5) is 38.7. The predicted molar refractivity (Wildman–Crippen MR) is 150 cm³/mol. The number of aryl methyl sites for hydroxylation is 2. The number of hydrogen-bond donors (Lipinski definition) is 2. The third kappa shape index (κ3) is 5.11. The zero-order chi connectivity index (χ0) is 27.8. The molecule has 4 heterocycles. The van der Waals surface area contributed by atoms with Crippen molar-refractivity contribution in [2.75, 3.05) is 11.1 Å².